The zero-order valence-electron chi connectivity index (χ0n) is 11.4. The second kappa shape index (κ2) is 5.25. The monoisotopic (exact) mass is 290 g/mol. The van der Waals surface area contributed by atoms with Gasteiger partial charge in [-0.15, -0.1) is 0 Å². The number of hydrogen-bond acceptors (Lipinski definition) is 4. The highest BCUT2D eigenvalue weighted by Crippen LogP contribution is 2.28. The van der Waals surface area contributed by atoms with Gasteiger partial charge in [0.25, 0.3) is 17.5 Å². The Bertz CT molecular complexity index is 623. The van der Waals surface area contributed by atoms with Crippen LogP contribution in [-0.2, 0) is 0 Å². The summed E-state index contributed by atoms with van der Waals surface area (Å²) in [6.07, 6.45) is 1.96. The molecule has 2 aliphatic heterocycles. The van der Waals surface area contributed by atoms with E-state index >= 15 is 0 Å². The van der Waals surface area contributed by atoms with Gasteiger partial charge in [0.05, 0.1) is 29.1 Å². The first-order valence-corrected chi connectivity index (χ1v) is 7.04. The quantitative estimate of drug-likeness (QED) is 0.487. The largest absolute Gasteiger partial charge is 0.346 e. The molecular weight excluding hydrogens is 274 g/mol. The summed E-state index contributed by atoms with van der Waals surface area (Å²) < 4.78 is 0. The highest BCUT2D eigenvalue weighted by atomic mass is 16.6. The first-order chi connectivity index (χ1) is 10.1. The second-order valence-corrected chi connectivity index (χ2v) is 5.52. The van der Waals surface area contributed by atoms with E-state index in [1.165, 1.54) is 23.1 Å². The third-order valence-corrected chi connectivity index (χ3v) is 4.16. The normalized spacial score (nSPS) is 19.0. The van der Waals surface area contributed by atoms with E-state index < -0.39 is 10.8 Å². The Morgan fingerprint density at radius 3 is 2.52 bits per heavy atom. The molecule has 0 saturated carbocycles. The van der Waals surface area contributed by atoms with Gasteiger partial charge in [0.1, 0.15) is 0 Å². The van der Waals surface area contributed by atoms with Crippen LogP contribution in [0.25, 0.3) is 0 Å². The lowest BCUT2D eigenvalue weighted by Crippen LogP contribution is -2.86. The lowest BCUT2D eigenvalue weighted by molar-refractivity contribution is -0.664. The fraction of sp³-hybridized carbons (Fsp3) is 0.429. The Labute approximate surface area is 121 Å². The summed E-state index contributed by atoms with van der Waals surface area (Å²) in [4.78, 5) is 36.1. The number of fused-ring (bicyclic) bond motifs is 1. The smallest absolute Gasteiger partial charge is 0.270 e. The number of rotatable bonds is 3. The Morgan fingerprint density at radius 2 is 1.86 bits per heavy atom. The van der Waals surface area contributed by atoms with Crippen molar-refractivity contribution >= 4 is 17.5 Å². The predicted molar refractivity (Wildman–Crippen MR) is 72.8 cm³/mol. The van der Waals surface area contributed by atoms with Gasteiger partial charge < -0.3 is 5.32 Å². The Balaban J connectivity index is 1.84. The van der Waals surface area contributed by atoms with Gasteiger partial charge in [0.15, 0.2) is 0 Å². The first kappa shape index (κ1) is 13.7. The summed E-state index contributed by atoms with van der Waals surface area (Å²) in [5.74, 6) is -0.417. The van der Waals surface area contributed by atoms with Crippen LogP contribution in [0.15, 0.2) is 18.2 Å². The number of imide groups is 1. The molecule has 1 aromatic carbocycles. The molecule has 7 nitrogen and oxygen atoms in total. The second-order valence-electron chi connectivity index (χ2n) is 5.52. The van der Waals surface area contributed by atoms with E-state index in [2.05, 4.69) is 5.32 Å². The van der Waals surface area contributed by atoms with Crippen LogP contribution >= 0.6 is 0 Å². The van der Waals surface area contributed by atoms with Crippen LogP contribution in [0.1, 0.15) is 33.6 Å². The van der Waals surface area contributed by atoms with Crippen molar-refractivity contribution < 1.29 is 19.8 Å². The van der Waals surface area contributed by atoms with Crippen LogP contribution in [0, 0.1) is 16.0 Å². The number of carbonyl (C=O) groups is 2. The van der Waals surface area contributed by atoms with Gasteiger partial charge in [0, 0.05) is 31.5 Å². The van der Waals surface area contributed by atoms with Gasteiger partial charge in [-0.2, -0.15) is 0 Å². The molecule has 1 fully saturated rings. The van der Waals surface area contributed by atoms with E-state index in [-0.39, 0.29) is 22.7 Å². The summed E-state index contributed by atoms with van der Waals surface area (Å²) in [5.41, 5.74) is 0.258. The predicted octanol–water partition coefficient (Wildman–Crippen LogP) is 0.164. The SMILES string of the molecule is O=C1c2ccc([N+](=O)[O-])cc2C(=O)N1CC1CC[NH2+]CC1. The van der Waals surface area contributed by atoms with E-state index in [1.807, 2.05) is 0 Å². The maximum atomic E-state index is 12.3. The van der Waals surface area contributed by atoms with E-state index in [4.69, 9.17) is 0 Å². The Morgan fingerprint density at radius 1 is 1.19 bits per heavy atom. The number of nitrogens with two attached hydrogens (primary N) is 1. The van der Waals surface area contributed by atoms with Crippen LogP contribution in [0.4, 0.5) is 5.69 Å². The topological polar surface area (TPSA) is 97.1 Å². The van der Waals surface area contributed by atoms with Gasteiger partial charge >= 0.3 is 0 Å². The minimum Gasteiger partial charge on any atom is -0.346 e. The van der Waals surface area contributed by atoms with E-state index in [9.17, 15) is 19.7 Å². The summed E-state index contributed by atoms with van der Waals surface area (Å²) in [7, 11) is 0. The zero-order valence-corrected chi connectivity index (χ0v) is 11.4. The van der Waals surface area contributed by atoms with Crippen molar-refractivity contribution in [1.29, 1.82) is 0 Å². The highest BCUT2D eigenvalue weighted by Gasteiger charge is 2.38. The molecule has 2 heterocycles. The number of amides is 2. The van der Waals surface area contributed by atoms with Crippen LogP contribution in [0.5, 0.6) is 0 Å². The molecule has 2 aliphatic rings. The lowest BCUT2D eigenvalue weighted by Gasteiger charge is -2.24. The molecule has 3 rings (SSSR count). The number of quaternary nitrogens is 1. The third kappa shape index (κ3) is 2.40. The van der Waals surface area contributed by atoms with Crippen molar-refractivity contribution in [3.8, 4) is 0 Å². The lowest BCUT2D eigenvalue weighted by atomic mass is 9.97. The number of nitrogens with zero attached hydrogens (tertiary/aromatic N) is 2. The Kier molecular flexibility index (Phi) is 3.42. The average Bonchev–Trinajstić information content (AvgIpc) is 2.73. The molecule has 0 aliphatic carbocycles. The highest BCUT2D eigenvalue weighted by molar-refractivity contribution is 6.21. The van der Waals surface area contributed by atoms with E-state index in [0.717, 1.165) is 25.9 Å². The minimum atomic E-state index is -0.558. The molecule has 7 heteroatoms. The maximum absolute atomic E-state index is 12.3. The van der Waals surface area contributed by atoms with Crippen molar-refractivity contribution in [2.75, 3.05) is 19.6 Å². The number of carbonyl (C=O) groups excluding carboxylic acids is 2. The maximum Gasteiger partial charge on any atom is 0.270 e. The van der Waals surface area contributed by atoms with Crippen molar-refractivity contribution in [1.82, 2.24) is 4.90 Å². The van der Waals surface area contributed by atoms with Gasteiger partial charge in [-0.25, -0.2) is 0 Å². The summed E-state index contributed by atoms with van der Waals surface area (Å²) in [6, 6.07) is 3.84. The molecule has 2 N–H and O–H groups in total. The number of piperidine rings is 1. The van der Waals surface area contributed by atoms with Crippen LogP contribution < -0.4 is 5.32 Å². The fourth-order valence-electron chi connectivity index (χ4n) is 2.99. The number of benzene rings is 1. The Hall–Kier alpha value is -2.28. The molecular formula is C14H16N3O4+. The van der Waals surface area contributed by atoms with E-state index in [0.29, 0.717) is 12.5 Å². The molecule has 0 bridgehead atoms. The minimum absolute atomic E-state index is 0.150. The van der Waals surface area contributed by atoms with Crippen LogP contribution in [0.2, 0.25) is 0 Å². The van der Waals surface area contributed by atoms with Crippen molar-refractivity contribution in [3.05, 3.63) is 39.4 Å². The molecule has 2 amide bonds. The molecule has 0 atom stereocenters. The van der Waals surface area contributed by atoms with Gasteiger partial charge in [-0.3, -0.25) is 24.6 Å². The summed E-state index contributed by atoms with van der Waals surface area (Å²) in [5, 5.41) is 13.0. The third-order valence-electron chi connectivity index (χ3n) is 4.16. The molecule has 0 aromatic heterocycles. The zero-order chi connectivity index (χ0) is 15.0. The molecule has 0 unspecified atom stereocenters. The van der Waals surface area contributed by atoms with E-state index in [1.54, 1.807) is 0 Å². The van der Waals surface area contributed by atoms with Crippen LogP contribution in [0.3, 0.4) is 0 Å². The van der Waals surface area contributed by atoms with Crippen molar-refractivity contribution in [3.63, 3.8) is 0 Å². The fourth-order valence-corrected chi connectivity index (χ4v) is 2.99. The average molecular weight is 290 g/mol. The van der Waals surface area contributed by atoms with Crippen LogP contribution in [-0.4, -0.2) is 41.3 Å². The number of non-ortho nitro benzene ring substituents is 1. The van der Waals surface area contributed by atoms with Crippen molar-refractivity contribution in [2.24, 2.45) is 5.92 Å². The molecule has 0 spiro atoms. The number of nitro groups is 1. The molecule has 1 aromatic rings. The summed E-state index contributed by atoms with van der Waals surface area (Å²) >= 11 is 0. The molecule has 21 heavy (non-hydrogen) atoms. The standard InChI is InChI=1S/C14H15N3O4/c18-13-11-2-1-10(17(20)21)7-12(11)14(19)16(13)8-9-3-5-15-6-4-9/h1-2,7,9,15H,3-6,8H2/p+1. The van der Waals surface area contributed by atoms with Gasteiger partial charge in [-0.1, -0.05) is 0 Å². The number of nitro benzene ring substituents is 1. The summed E-state index contributed by atoms with van der Waals surface area (Å²) in [6.45, 7) is 2.44. The number of hydrogen-bond donors (Lipinski definition) is 1. The van der Waals surface area contributed by atoms with Gasteiger partial charge in [-0.05, 0) is 12.0 Å². The molecule has 0 radical (unpaired) electrons. The van der Waals surface area contributed by atoms with Gasteiger partial charge in [0.2, 0.25) is 0 Å². The molecule has 1 saturated heterocycles. The molecule has 110 valence electrons. The first-order valence-electron chi connectivity index (χ1n) is 7.04. The van der Waals surface area contributed by atoms with Crippen molar-refractivity contribution in [2.45, 2.75) is 12.8 Å².